The lowest BCUT2D eigenvalue weighted by Gasteiger charge is -2.06. The zero-order valence-electron chi connectivity index (χ0n) is 17.6. The molecule has 0 aromatic rings. The van der Waals surface area contributed by atoms with Crippen LogP contribution in [0.25, 0.3) is 0 Å². The molecule has 0 saturated carbocycles. The second kappa shape index (κ2) is 27.9. The molecule has 0 atom stereocenters. The minimum atomic E-state index is 0.0179. The molecule has 0 aliphatic heterocycles. The summed E-state index contributed by atoms with van der Waals surface area (Å²) in [5.74, 6) is 0.153. The molecule has 0 aliphatic rings. The first kappa shape index (κ1) is 28.8. The number of hydrogen-bond acceptors (Lipinski definition) is 4. The summed E-state index contributed by atoms with van der Waals surface area (Å²) >= 11 is 0. The lowest BCUT2D eigenvalue weighted by Crippen LogP contribution is -2.25. The number of amides is 1. The highest BCUT2D eigenvalue weighted by Crippen LogP contribution is 1.96. The topological polar surface area (TPSA) is 64.6 Å². The molecule has 0 unspecified atom stereocenters. The standard InChI is InChI=1S/C16H31NO4.2C2H6/c1-3-11-20-12-4-5-13-21-14-7-10-17-16(19)9-6-8-15(2)18;2*1-2/h3-14H2,1-2H3,(H,17,19);2*1-2H3. The predicted molar refractivity (Wildman–Crippen MR) is 106 cm³/mol. The summed E-state index contributed by atoms with van der Waals surface area (Å²) in [5, 5.41) is 2.83. The van der Waals surface area contributed by atoms with Crippen LogP contribution in [0.3, 0.4) is 0 Å². The molecule has 1 N–H and O–H groups in total. The van der Waals surface area contributed by atoms with Gasteiger partial charge in [0.05, 0.1) is 0 Å². The van der Waals surface area contributed by atoms with E-state index < -0.39 is 0 Å². The van der Waals surface area contributed by atoms with E-state index in [1.54, 1.807) is 6.92 Å². The van der Waals surface area contributed by atoms with Gasteiger partial charge >= 0.3 is 0 Å². The Bertz CT molecular complexity index is 270. The fraction of sp³-hybridized carbons (Fsp3) is 0.900. The Hall–Kier alpha value is -0.940. The maximum absolute atomic E-state index is 11.4. The highest BCUT2D eigenvalue weighted by molar-refractivity contribution is 5.78. The summed E-state index contributed by atoms with van der Waals surface area (Å²) in [7, 11) is 0. The van der Waals surface area contributed by atoms with Crippen LogP contribution in [0, 0.1) is 0 Å². The van der Waals surface area contributed by atoms with Gasteiger partial charge in [0, 0.05) is 45.8 Å². The van der Waals surface area contributed by atoms with E-state index in [0.717, 1.165) is 45.5 Å². The van der Waals surface area contributed by atoms with Crippen LogP contribution in [0.1, 0.15) is 86.5 Å². The van der Waals surface area contributed by atoms with Crippen molar-refractivity contribution in [3.05, 3.63) is 0 Å². The maximum atomic E-state index is 11.4. The van der Waals surface area contributed by atoms with Crippen molar-refractivity contribution in [2.75, 3.05) is 33.0 Å². The number of carbonyl (C=O) groups is 2. The van der Waals surface area contributed by atoms with Crippen molar-refractivity contribution in [3.63, 3.8) is 0 Å². The zero-order valence-corrected chi connectivity index (χ0v) is 17.6. The molecule has 0 aliphatic carbocycles. The predicted octanol–water partition coefficient (Wildman–Crippen LogP) is 4.53. The van der Waals surface area contributed by atoms with E-state index in [-0.39, 0.29) is 11.7 Å². The second-order valence-electron chi connectivity index (χ2n) is 5.19. The van der Waals surface area contributed by atoms with Gasteiger partial charge in [-0.15, -0.1) is 0 Å². The molecule has 0 aromatic heterocycles. The van der Waals surface area contributed by atoms with Crippen LogP contribution in [0.5, 0.6) is 0 Å². The van der Waals surface area contributed by atoms with Gasteiger partial charge < -0.3 is 19.6 Å². The van der Waals surface area contributed by atoms with Gasteiger partial charge in [-0.05, 0) is 39.0 Å². The molecular weight excluding hydrogens is 318 g/mol. The molecule has 5 nitrogen and oxygen atoms in total. The SMILES string of the molecule is CC.CC.CCCOCCCCOCCCNC(=O)CCCC(C)=O. The molecule has 25 heavy (non-hydrogen) atoms. The summed E-state index contributed by atoms with van der Waals surface area (Å²) in [6, 6.07) is 0. The number of nitrogens with one attached hydrogen (secondary N) is 1. The van der Waals surface area contributed by atoms with Crippen molar-refractivity contribution >= 4 is 11.7 Å². The number of ether oxygens (including phenoxy) is 2. The Morgan fingerprint density at radius 3 is 1.80 bits per heavy atom. The third-order valence-electron chi connectivity index (χ3n) is 2.90. The molecule has 0 spiro atoms. The van der Waals surface area contributed by atoms with Gasteiger partial charge in [0.1, 0.15) is 5.78 Å². The summed E-state index contributed by atoms with van der Waals surface area (Å²) in [6.45, 7) is 15.4. The van der Waals surface area contributed by atoms with Crippen molar-refractivity contribution in [1.82, 2.24) is 5.32 Å². The van der Waals surface area contributed by atoms with Gasteiger partial charge in [-0.2, -0.15) is 0 Å². The molecule has 0 heterocycles. The average Bonchev–Trinajstić information content (AvgIpc) is 2.63. The minimum absolute atomic E-state index is 0.0179. The Balaban J connectivity index is -0.00000112. The number of ketones is 1. The lowest BCUT2D eigenvalue weighted by atomic mass is 10.2. The van der Waals surface area contributed by atoms with Crippen molar-refractivity contribution in [2.45, 2.75) is 86.5 Å². The Labute approximate surface area is 156 Å². The first-order chi connectivity index (χ1) is 12.2. The van der Waals surface area contributed by atoms with Crippen molar-refractivity contribution < 1.29 is 19.1 Å². The normalized spacial score (nSPS) is 9.36. The van der Waals surface area contributed by atoms with E-state index in [1.165, 1.54) is 0 Å². The molecule has 0 saturated heterocycles. The smallest absolute Gasteiger partial charge is 0.220 e. The summed E-state index contributed by atoms with van der Waals surface area (Å²) < 4.78 is 10.9. The molecule has 0 rings (SSSR count). The van der Waals surface area contributed by atoms with E-state index in [2.05, 4.69) is 12.2 Å². The fourth-order valence-corrected chi connectivity index (χ4v) is 1.75. The third kappa shape index (κ3) is 31.4. The second-order valence-corrected chi connectivity index (χ2v) is 5.19. The van der Waals surface area contributed by atoms with Crippen LogP contribution in [0.4, 0.5) is 0 Å². The van der Waals surface area contributed by atoms with Crippen LogP contribution in [-0.4, -0.2) is 44.7 Å². The first-order valence-corrected chi connectivity index (χ1v) is 10.1. The van der Waals surface area contributed by atoms with Crippen LogP contribution < -0.4 is 5.32 Å². The van der Waals surface area contributed by atoms with E-state index in [4.69, 9.17) is 9.47 Å². The minimum Gasteiger partial charge on any atom is -0.381 e. The van der Waals surface area contributed by atoms with Crippen LogP contribution >= 0.6 is 0 Å². The summed E-state index contributed by atoms with van der Waals surface area (Å²) in [5.41, 5.74) is 0. The number of hydrogen-bond donors (Lipinski definition) is 1. The van der Waals surface area contributed by atoms with Gasteiger partial charge in [-0.1, -0.05) is 34.6 Å². The maximum Gasteiger partial charge on any atom is 0.220 e. The lowest BCUT2D eigenvalue weighted by molar-refractivity contribution is -0.121. The van der Waals surface area contributed by atoms with Crippen molar-refractivity contribution in [2.24, 2.45) is 0 Å². The summed E-state index contributed by atoms with van der Waals surface area (Å²) in [4.78, 5) is 22.1. The zero-order chi connectivity index (χ0) is 19.8. The Morgan fingerprint density at radius 1 is 0.760 bits per heavy atom. The molecule has 0 aromatic carbocycles. The van der Waals surface area contributed by atoms with Gasteiger partial charge in [0.2, 0.25) is 5.91 Å². The van der Waals surface area contributed by atoms with E-state index in [9.17, 15) is 9.59 Å². The van der Waals surface area contributed by atoms with Crippen molar-refractivity contribution in [3.8, 4) is 0 Å². The first-order valence-electron chi connectivity index (χ1n) is 10.1. The molecule has 5 heteroatoms. The van der Waals surface area contributed by atoms with Crippen LogP contribution in [0.2, 0.25) is 0 Å². The molecule has 1 amide bonds. The van der Waals surface area contributed by atoms with Gasteiger partial charge in [0.15, 0.2) is 0 Å². The highest BCUT2D eigenvalue weighted by atomic mass is 16.5. The molecule has 0 radical (unpaired) electrons. The molecular formula is C20H43NO4. The van der Waals surface area contributed by atoms with Crippen LogP contribution in [-0.2, 0) is 19.1 Å². The largest absolute Gasteiger partial charge is 0.381 e. The van der Waals surface area contributed by atoms with E-state index in [1.807, 2.05) is 27.7 Å². The monoisotopic (exact) mass is 361 g/mol. The highest BCUT2D eigenvalue weighted by Gasteiger charge is 2.01. The average molecular weight is 362 g/mol. The number of Topliss-reactive ketones (excluding diaryl/α,β-unsaturated/α-hetero) is 1. The van der Waals surface area contributed by atoms with Crippen molar-refractivity contribution in [1.29, 1.82) is 0 Å². The van der Waals surface area contributed by atoms with Gasteiger partial charge in [-0.3, -0.25) is 4.79 Å². The Kier molecular flexibility index (Phi) is 32.2. The van der Waals surface area contributed by atoms with E-state index in [0.29, 0.717) is 32.4 Å². The molecule has 152 valence electrons. The summed E-state index contributed by atoms with van der Waals surface area (Å²) in [6.07, 6.45) is 5.49. The van der Waals surface area contributed by atoms with Gasteiger partial charge in [-0.25, -0.2) is 0 Å². The molecule has 0 bridgehead atoms. The number of rotatable bonds is 15. The Morgan fingerprint density at radius 2 is 1.28 bits per heavy atom. The van der Waals surface area contributed by atoms with Crippen LogP contribution in [0.15, 0.2) is 0 Å². The quantitative estimate of drug-likeness (QED) is 0.435. The number of carbonyl (C=O) groups excluding carboxylic acids is 2. The van der Waals surface area contributed by atoms with Gasteiger partial charge in [0.25, 0.3) is 0 Å². The molecule has 0 fully saturated rings. The fourth-order valence-electron chi connectivity index (χ4n) is 1.75. The van der Waals surface area contributed by atoms with E-state index >= 15 is 0 Å². The number of unbranched alkanes of at least 4 members (excludes halogenated alkanes) is 1. The third-order valence-corrected chi connectivity index (χ3v) is 2.90.